The van der Waals surface area contributed by atoms with Gasteiger partial charge >= 0.3 is 0 Å². The summed E-state index contributed by atoms with van der Waals surface area (Å²) in [5, 5.41) is 12.5. The zero-order valence-electron chi connectivity index (χ0n) is 8.34. The van der Waals surface area contributed by atoms with E-state index >= 15 is 0 Å². The predicted molar refractivity (Wildman–Crippen MR) is 49.4 cm³/mol. The van der Waals surface area contributed by atoms with Gasteiger partial charge in [0.25, 0.3) is 0 Å². The van der Waals surface area contributed by atoms with E-state index in [2.05, 4.69) is 20.8 Å². The summed E-state index contributed by atoms with van der Waals surface area (Å²) >= 11 is 0. The highest BCUT2D eigenvalue weighted by atomic mass is 16.6. The Morgan fingerprint density at radius 2 is 1.92 bits per heavy atom. The molecule has 0 aromatic carbocycles. The summed E-state index contributed by atoms with van der Waals surface area (Å²) in [5.41, 5.74) is -0.0974. The molecule has 1 aliphatic heterocycles. The van der Waals surface area contributed by atoms with Crippen molar-refractivity contribution in [3.05, 3.63) is 5.21 Å². The maximum atomic E-state index is 12.5. The van der Waals surface area contributed by atoms with E-state index < -0.39 is 0 Å². The van der Waals surface area contributed by atoms with E-state index in [4.69, 9.17) is 0 Å². The molecule has 3 atom stereocenters. The maximum Gasteiger partial charge on any atom is 0.0906 e. The average molecular weight is 169 g/mol. The third-order valence-electron chi connectivity index (χ3n) is 3.77. The molecule has 0 aromatic rings. The van der Waals surface area contributed by atoms with Gasteiger partial charge in [0.2, 0.25) is 0 Å². The molecule has 0 aromatic heterocycles. The molecule has 70 valence electrons. The molecule has 1 saturated heterocycles. The van der Waals surface area contributed by atoms with Crippen molar-refractivity contribution in [1.82, 2.24) is 0 Å². The third kappa shape index (κ3) is 0.944. The van der Waals surface area contributed by atoms with E-state index in [0.29, 0.717) is 6.04 Å². The number of nitrogens with zero attached hydrogens (tertiary/aromatic N) is 1. The fourth-order valence-electron chi connectivity index (χ4n) is 2.95. The minimum Gasteiger partial charge on any atom is -0.632 e. The molecule has 2 nitrogen and oxygen atoms in total. The first-order valence-electron chi connectivity index (χ1n) is 5.02. The van der Waals surface area contributed by atoms with Crippen molar-refractivity contribution >= 4 is 0 Å². The van der Waals surface area contributed by atoms with Gasteiger partial charge in [-0.15, -0.1) is 0 Å². The highest BCUT2D eigenvalue weighted by Crippen LogP contribution is 2.46. The summed E-state index contributed by atoms with van der Waals surface area (Å²) in [7, 11) is 0. The number of fused-ring (bicyclic) bond motifs is 2. The number of likely N-dealkylation sites (tertiary alicyclic amines) is 1. The first kappa shape index (κ1) is 8.52. The second-order valence-corrected chi connectivity index (χ2v) is 5.48. The summed E-state index contributed by atoms with van der Waals surface area (Å²) in [4.78, 5) is 0. The first-order chi connectivity index (χ1) is 5.43. The minimum atomic E-state index is -0.0974. The first-order valence-corrected chi connectivity index (χ1v) is 5.02. The lowest BCUT2D eigenvalue weighted by Gasteiger charge is -2.55. The lowest BCUT2D eigenvalue weighted by atomic mass is 10.00. The molecular formula is C10H19NO. The molecule has 12 heavy (non-hydrogen) atoms. The van der Waals surface area contributed by atoms with Crippen molar-refractivity contribution in [3.8, 4) is 0 Å². The summed E-state index contributed by atoms with van der Waals surface area (Å²) in [5.74, 6) is 0.742. The van der Waals surface area contributed by atoms with Gasteiger partial charge in [-0.1, -0.05) is 0 Å². The van der Waals surface area contributed by atoms with Gasteiger partial charge in [0.1, 0.15) is 0 Å². The molecule has 0 spiro atoms. The number of rotatable bonds is 0. The number of hydrogen-bond donors (Lipinski definition) is 0. The fourth-order valence-corrected chi connectivity index (χ4v) is 2.95. The van der Waals surface area contributed by atoms with Crippen LogP contribution in [0.5, 0.6) is 0 Å². The van der Waals surface area contributed by atoms with Gasteiger partial charge in [-0.05, 0) is 27.2 Å². The van der Waals surface area contributed by atoms with Crippen LogP contribution in [-0.4, -0.2) is 22.8 Å². The Kier molecular flexibility index (Phi) is 1.59. The van der Waals surface area contributed by atoms with Crippen molar-refractivity contribution in [1.29, 1.82) is 0 Å². The van der Waals surface area contributed by atoms with Crippen LogP contribution in [0, 0.1) is 11.1 Å². The standard InChI is InChI=1S/C10H19NO/c1-10(2,3)11(12)7-8-4-5-9(11)6-8/h8-9H,4-7H2,1-3H3. The van der Waals surface area contributed by atoms with Gasteiger partial charge < -0.3 is 9.85 Å². The number of hydroxylamine groups is 3. The monoisotopic (exact) mass is 169 g/mol. The van der Waals surface area contributed by atoms with Gasteiger partial charge in [-0.2, -0.15) is 0 Å². The predicted octanol–water partition coefficient (Wildman–Crippen LogP) is 2.28. The second kappa shape index (κ2) is 2.24. The molecule has 2 rings (SSSR count). The van der Waals surface area contributed by atoms with Crippen LogP contribution in [0.1, 0.15) is 40.0 Å². The normalized spacial score (nSPS) is 47.0. The van der Waals surface area contributed by atoms with Crippen LogP contribution in [0.4, 0.5) is 0 Å². The molecular weight excluding hydrogens is 150 g/mol. The van der Waals surface area contributed by atoms with Crippen LogP contribution in [0.15, 0.2) is 0 Å². The third-order valence-corrected chi connectivity index (χ3v) is 3.77. The molecule has 0 N–H and O–H groups in total. The average Bonchev–Trinajstić information content (AvgIpc) is 2.43. The smallest absolute Gasteiger partial charge is 0.0906 e. The Morgan fingerprint density at radius 1 is 1.25 bits per heavy atom. The van der Waals surface area contributed by atoms with E-state index in [9.17, 15) is 5.21 Å². The maximum absolute atomic E-state index is 12.5. The fraction of sp³-hybridized carbons (Fsp3) is 1.00. The zero-order chi connectivity index (χ0) is 8.98. The van der Waals surface area contributed by atoms with Crippen molar-refractivity contribution in [2.24, 2.45) is 5.92 Å². The van der Waals surface area contributed by atoms with Crippen LogP contribution in [0.3, 0.4) is 0 Å². The number of quaternary nitrogens is 1. The Balaban J connectivity index is 2.23. The highest BCUT2D eigenvalue weighted by Gasteiger charge is 2.51. The van der Waals surface area contributed by atoms with E-state index in [-0.39, 0.29) is 10.2 Å². The molecule has 3 unspecified atom stereocenters. The molecule has 1 aliphatic carbocycles. The molecule has 0 amide bonds. The Bertz CT molecular complexity index is 197. The number of hydrogen-bond acceptors (Lipinski definition) is 1. The van der Waals surface area contributed by atoms with Crippen molar-refractivity contribution in [2.45, 2.75) is 51.6 Å². The Hall–Kier alpha value is -0.0800. The van der Waals surface area contributed by atoms with E-state index in [1.165, 1.54) is 19.3 Å². The van der Waals surface area contributed by atoms with Gasteiger partial charge in [0, 0.05) is 18.8 Å². The Labute approximate surface area is 74.7 Å². The summed E-state index contributed by atoms with van der Waals surface area (Å²) in [6.45, 7) is 7.14. The van der Waals surface area contributed by atoms with Crippen LogP contribution >= 0.6 is 0 Å². The Morgan fingerprint density at radius 3 is 2.17 bits per heavy atom. The molecule has 1 saturated carbocycles. The molecule has 2 aliphatic rings. The molecule has 2 heteroatoms. The van der Waals surface area contributed by atoms with E-state index in [1.807, 2.05) is 0 Å². The van der Waals surface area contributed by atoms with E-state index in [1.54, 1.807) is 0 Å². The van der Waals surface area contributed by atoms with E-state index in [0.717, 1.165) is 12.5 Å². The largest absolute Gasteiger partial charge is 0.632 e. The zero-order valence-corrected chi connectivity index (χ0v) is 8.34. The van der Waals surface area contributed by atoms with Crippen LogP contribution in [0.2, 0.25) is 0 Å². The SMILES string of the molecule is CC(C)(C)[N+]1([O-])CC2CCC1C2. The second-order valence-electron chi connectivity index (χ2n) is 5.48. The quantitative estimate of drug-likeness (QED) is 0.403. The molecule has 0 radical (unpaired) electrons. The van der Waals surface area contributed by atoms with Gasteiger partial charge in [0.15, 0.2) is 0 Å². The number of piperidine rings is 1. The van der Waals surface area contributed by atoms with Crippen molar-refractivity contribution in [2.75, 3.05) is 6.54 Å². The van der Waals surface area contributed by atoms with Crippen molar-refractivity contribution in [3.63, 3.8) is 0 Å². The lowest BCUT2D eigenvalue weighted by molar-refractivity contribution is -0.941. The highest BCUT2D eigenvalue weighted by molar-refractivity contribution is 4.88. The van der Waals surface area contributed by atoms with Crippen LogP contribution < -0.4 is 0 Å². The summed E-state index contributed by atoms with van der Waals surface area (Å²) in [6, 6.07) is 0.426. The molecule has 2 bridgehead atoms. The van der Waals surface area contributed by atoms with Crippen molar-refractivity contribution < 1.29 is 4.65 Å². The van der Waals surface area contributed by atoms with Gasteiger partial charge in [-0.3, -0.25) is 0 Å². The van der Waals surface area contributed by atoms with Crippen LogP contribution in [-0.2, 0) is 0 Å². The van der Waals surface area contributed by atoms with Gasteiger partial charge in [-0.25, -0.2) is 0 Å². The minimum absolute atomic E-state index is 0.0810. The lowest BCUT2D eigenvalue weighted by Crippen LogP contribution is -2.59. The summed E-state index contributed by atoms with van der Waals surface area (Å²) < 4.78 is 0.0810. The topological polar surface area (TPSA) is 23.1 Å². The van der Waals surface area contributed by atoms with Crippen LogP contribution in [0.25, 0.3) is 0 Å². The molecule has 1 heterocycles. The summed E-state index contributed by atoms with van der Waals surface area (Å²) in [6.07, 6.45) is 3.68. The van der Waals surface area contributed by atoms with Gasteiger partial charge in [0.05, 0.1) is 18.1 Å². The molecule has 2 fully saturated rings.